The van der Waals surface area contributed by atoms with E-state index in [0.29, 0.717) is 20.9 Å². The van der Waals surface area contributed by atoms with Crippen molar-refractivity contribution in [2.24, 2.45) is 0 Å². The summed E-state index contributed by atoms with van der Waals surface area (Å²) in [6, 6.07) is 16.9. The predicted octanol–water partition coefficient (Wildman–Crippen LogP) is 5.77. The molecular weight excluding hydrogens is 484 g/mol. The van der Waals surface area contributed by atoms with E-state index >= 15 is 0 Å². The van der Waals surface area contributed by atoms with Gasteiger partial charge in [0.25, 0.3) is 11.6 Å². The number of halogens is 1. The lowest BCUT2D eigenvalue weighted by Gasteiger charge is -2.01. The minimum Gasteiger partial charge on any atom is -0.457 e. The van der Waals surface area contributed by atoms with Gasteiger partial charge in [-0.3, -0.25) is 20.2 Å². The molecule has 0 aliphatic carbocycles. The van der Waals surface area contributed by atoms with Crippen LogP contribution in [0, 0.1) is 21.4 Å². The van der Waals surface area contributed by atoms with E-state index in [1.807, 2.05) is 30.3 Å². The molecule has 0 fully saturated rings. The van der Waals surface area contributed by atoms with Crippen LogP contribution in [0.5, 0.6) is 0 Å². The molecule has 4 aromatic rings. The van der Waals surface area contributed by atoms with E-state index in [2.05, 4.69) is 26.2 Å². The number of hydrogen-bond donors (Lipinski definition) is 1. The molecule has 0 bridgehead atoms. The molecule has 152 valence electrons. The van der Waals surface area contributed by atoms with Crippen molar-refractivity contribution in [3.8, 4) is 17.4 Å². The molecule has 1 N–H and O–H groups in total. The Morgan fingerprint density at radius 2 is 2.06 bits per heavy atom. The minimum atomic E-state index is -0.601. The molecule has 0 aliphatic rings. The molecular formula is C21H11BrN4O4S. The monoisotopic (exact) mass is 494 g/mol. The number of carbonyl (C=O) groups is 1. The van der Waals surface area contributed by atoms with E-state index in [4.69, 9.17) is 4.42 Å². The molecule has 0 atom stereocenters. The lowest BCUT2D eigenvalue weighted by atomic mass is 10.1. The van der Waals surface area contributed by atoms with Gasteiger partial charge in [0.2, 0.25) is 0 Å². The number of furan rings is 1. The predicted molar refractivity (Wildman–Crippen MR) is 120 cm³/mol. The molecule has 2 heterocycles. The highest BCUT2D eigenvalue weighted by atomic mass is 79.9. The van der Waals surface area contributed by atoms with E-state index in [-0.39, 0.29) is 17.0 Å². The second-order valence-corrected chi connectivity index (χ2v) is 8.12. The number of nitrogens with zero attached hydrogens (tertiary/aromatic N) is 3. The van der Waals surface area contributed by atoms with Crippen molar-refractivity contribution < 1.29 is 14.1 Å². The fourth-order valence-electron chi connectivity index (χ4n) is 2.77. The van der Waals surface area contributed by atoms with Gasteiger partial charge in [-0.25, -0.2) is 4.98 Å². The first-order valence-corrected chi connectivity index (χ1v) is 10.4. The van der Waals surface area contributed by atoms with Crippen LogP contribution in [0.1, 0.15) is 5.76 Å². The van der Waals surface area contributed by atoms with Crippen molar-refractivity contribution in [2.45, 2.75) is 0 Å². The Bertz CT molecular complexity index is 1370. The molecule has 2 aromatic heterocycles. The summed E-state index contributed by atoms with van der Waals surface area (Å²) in [7, 11) is 0. The Morgan fingerprint density at radius 1 is 1.26 bits per heavy atom. The highest BCUT2D eigenvalue weighted by Gasteiger charge is 2.16. The Kier molecular flexibility index (Phi) is 5.62. The zero-order valence-corrected chi connectivity index (χ0v) is 17.9. The molecule has 0 saturated carbocycles. The van der Waals surface area contributed by atoms with Crippen molar-refractivity contribution >= 4 is 60.3 Å². The van der Waals surface area contributed by atoms with Crippen LogP contribution in [-0.2, 0) is 4.79 Å². The number of benzene rings is 2. The SMILES string of the molecule is N#C/C(=C\c1ccc(-c2ccc([N+](=O)[O-])cc2Br)o1)C(=O)Nc1nc2ccccc2s1. The van der Waals surface area contributed by atoms with Gasteiger partial charge in [-0.1, -0.05) is 23.5 Å². The molecule has 1 amide bonds. The number of fused-ring (bicyclic) bond motifs is 1. The molecule has 0 spiro atoms. The molecule has 0 aliphatic heterocycles. The van der Waals surface area contributed by atoms with Gasteiger partial charge in [0.1, 0.15) is 23.2 Å². The highest BCUT2D eigenvalue weighted by Crippen LogP contribution is 2.33. The standard InChI is InChI=1S/C21H11BrN4O4S/c22-16-10-13(26(28)29)5-7-15(16)18-8-6-14(30-18)9-12(11-23)20(27)25-21-24-17-3-1-2-4-19(17)31-21/h1-10H,(H,24,25,27)/b12-9+. The maximum Gasteiger partial charge on any atom is 0.270 e. The molecule has 2 aromatic carbocycles. The first kappa shape index (κ1) is 20.5. The summed E-state index contributed by atoms with van der Waals surface area (Å²) in [6.45, 7) is 0. The number of amides is 1. The van der Waals surface area contributed by atoms with Crippen molar-refractivity contribution in [3.05, 3.63) is 80.5 Å². The van der Waals surface area contributed by atoms with Crippen LogP contribution >= 0.6 is 27.3 Å². The molecule has 10 heteroatoms. The van der Waals surface area contributed by atoms with E-state index in [9.17, 15) is 20.2 Å². The van der Waals surface area contributed by atoms with Gasteiger partial charge >= 0.3 is 0 Å². The Morgan fingerprint density at radius 3 is 2.77 bits per heavy atom. The number of aromatic nitrogens is 1. The number of para-hydroxylation sites is 1. The number of hydrogen-bond acceptors (Lipinski definition) is 7. The van der Waals surface area contributed by atoms with E-state index in [1.54, 1.807) is 18.2 Å². The Labute approximate surface area is 187 Å². The van der Waals surface area contributed by atoms with Crippen molar-refractivity contribution in [1.29, 1.82) is 5.26 Å². The van der Waals surface area contributed by atoms with Gasteiger partial charge in [-0.15, -0.1) is 0 Å². The van der Waals surface area contributed by atoms with Gasteiger partial charge < -0.3 is 4.42 Å². The van der Waals surface area contributed by atoms with Gasteiger partial charge in [-0.05, 0) is 46.3 Å². The second kappa shape index (κ2) is 8.51. The van der Waals surface area contributed by atoms with Crippen LogP contribution in [-0.4, -0.2) is 15.8 Å². The summed E-state index contributed by atoms with van der Waals surface area (Å²) >= 11 is 4.61. The maximum absolute atomic E-state index is 12.5. The summed E-state index contributed by atoms with van der Waals surface area (Å²) in [5.41, 5.74) is 1.15. The molecule has 0 radical (unpaired) electrons. The van der Waals surface area contributed by atoms with E-state index in [1.165, 1.54) is 29.5 Å². The van der Waals surface area contributed by atoms with Crippen molar-refractivity contribution in [1.82, 2.24) is 4.98 Å². The van der Waals surface area contributed by atoms with Crippen LogP contribution in [0.3, 0.4) is 0 Å². The first-order valence-electron chi connectivity index (χ1n) is 8.77. The van der Waals surface area contributed by atoms with Crippen LogP contribution in [0.25, 0.3) is 27.6 Å². The molecule has 0 saturated heterocycles. The number of rotatable bonds is 5. The third kappa shape index (κ3) is 4.37. The van der Waals surface area contributed by atoms with Crippen LogP contribution < -0.4 is 5.32 Å². The summed E-state index contributed by atoms with van der Waals surface area (Å²) in [6.07, 6.45) is 1.32. The summed E-state index contributed by atoms with van der Waals surface area (Å²) in [5.74, 6) is 0.115. The number of carbonyl (C=O) groups excluding carboxylic acids is 1. The summed E-state index contributed by atoms with van der Waals surface area (Å²) < 4.78 is 7.12. The van der Waals surface area contributed by atoms with Crippen LogP contribution in [0.15, 0.2) is 69.1 Å². The topological polar surface area (TPSA) is 122 Å². The minimum absolute atomic E-state index is 0.0550. The molecule has 4 rings (SSSR count). The van der Waals surface area contributed by atoms with E-state index < -0.39 is 10.8 Å². The number of anilines is 1. The summed E-state index contributed by atoms with van der Waals surface area (Å²) in [4.78, 5) is 27.2. The fourth-order valence-corrected chi connectivity index (χ4v) is 4.20. The number of nitro benzene ring substituents is 1. The number of nitriles is 1. The highest BCUT2D eigenvalue weighted by molar-refractivity contribution is 9.10. The zero-order chi connectivity index (χ0) is 22.0. The average Bonchev–Trinajstić information content (AvgIpc) is 3.37. The van der Waals surface area contributed by atoms with Crippen LogP contribution in [0.2, 0.25) is 0 Å². The number of nitrogens with one attached hydrogen (secondary N) is 1. The van der Waals surface area contributed by atoms with Crippen molar-refractivity contribution in [2.75, 3.05) is 5.32 Å². The molecule has 31 heavy (non-hydrogen) atoms. The number of thiazole rings is 1. The van der Waals surface area contributed by atoms with Gasteiger partial charge in [0, 0.05) is 28.2 Å². The third-order valence-corrected chi connectivity index (χ3v) is 5.83. The quantitative estimate of drug-likeness (QED) is 0.162. The van der Waals surface area contributed by atoms with Crippen LogP contribution in [0.4, 0.5) is 10.8 Å². The second-order valence-electron chi connectivity index (χ2n) is 6.23. The first-order chi connectivity index (χ1) is 14.9. The lowest BCUT2D eigenvalue weighted by molar-refractivity contribution is -0.384. The smallest absolute Gasteiger partial charge is 0.270 e. The third-order valence-electron chi connectivity index (χ3n) is 4.22. The van der Waals surface area contributed by atoms with Gasteiger partial charge in [-0.2, -0.15) is 5.26 Å². The maximum atomic E-state index is 12.5. The average molecular weight is 495 g/mol. The van der Waals surface area contributed by atoms with E-state index in [0.717, 1.165) is 10.2 Å². The molecule has 8 nitrogen and oxygen atoms in total. The number of nitro groups is 1. The lowest BCUT2D eigenvalue weighted by Crippen LogP contribution is -2.13. The molecule has 0 unspecified atom stereocenters. The number of non-ortho nitro benzene ring substituents is 1. The van der Waals surface area contributed by atoms with Gasteiger partial charge in [0.05, 0.1) is 15.1 Å². The largest absolute Gasteiger partial charge is 0.457 e. The zero-order valence-electron chi connectivity index (χ0n) is 15.5. The van der Waals surface area contributed by atoms with Crippen molar-refractivity contribution in [3.63, 3.8) is 0 Å². The Hall–Kier alpha value is -3.81. The Balaban J connectivity index is 1.56. The fraction of sp³-hybridized carbons (Fsp3) is 0. The summed E-state index contributed by atoms with van der Waals surface area (Å²) in [5, 5.41) is 23.3. The normalized spacial score (nSPS) is 11.3. The van der Waals surface area contributed by atoms with Gasteiger partial charge in [0.15, 0.2) is 5.13 Å².